The summed E-state index contributed by atoms with van der Waals surface area (Å²) in [4.78, 5) is 9.81. The maximum absolute atomic E-state index is 9.81. The van der Waals surface area contributed by atoms with Gasteiger partial charge in [-0.1, -0.05) is 6.92 Å². The number of Topliss-reactive ketones (excluding diaryl/α,β-unsaturated/α-hetero) is 1. The molecule has 4 nitrogen and oxygen atoms in total. The number of carbonyl (C=O) groups excluding carboxylic acids is 1. The van der Waals surface area contributed by atoms with Gasteiger partial charge in [-0.2, -0.15) is 0 Å². The van der Waals surface area contributed by atoms with Gasteiger partial charge < -0.3 is 18.1 Å². The summed E-state index contributed by atoms with van der Waals surface area (Å²) in [5.41, 5.74) is 0. The molecule has 0 heterocycles. The van der Waals surface area contributed by atoms with Crippen LogP contribution in [-0.4, -0.2) is 36.6 Å². The molecular formula is C7H18O4Si. The molecule has 0 aliphatic carbocycles. The highest BCUT2D eigenvalue weighted by atomic mass is 28.3. The Bertz CT molecular complexity index is 98.1. The van der Waals surface area contributed by atoms with E-state index in [0.29, 0.717) is 6.42 Å². The van der Waals surface area contributed by atoms with Gasteiger partial charge in [0, 0.05) is 27.8 Å². The van der Waals surface area contributed by atoms with E-state index in [9.17, 15) is 4.79 Å². The first-order valence-corrected chi connectivity index (χ1v) is 5.11. The molecule has 0 aromatic heterocycles. The summed E-state index contributed by atoms with van der Waals surface area (Å²) in [5.74, 6) is 0.255. The molecule has 0 fully saturated rings. The predicted octanol–water partition coefficient (Wildman–Crippen LogP) is 0.628. The molecule has 0 aliphatic heterocycles. The molecule has 0 saturated carbocycles. The van der Waals surface area contributed by atoms with Crippen LogP contribution in [-0.2, 0) is 18.1 Å². The fraction of sp³-hybridized carbons (Fsp3) is 0.857. The minimum absolute atomic E-state index is 0.255. The van der Waals surface area contributed by atoms with Crippen LogP contribution in [0.15, 0.2) is 0 Å². The summed E-state index contributed by atoms with van der Waals surface area (Å²) in [6.45, 7) is 3.43. The fourth-order valence-electron chi connectivity index (χ4n) is 0.289. The zero-order valence-corrected chi connectivity index (χ0v) is 9.57. The third-order valence-electron chi connectivity index (χ3n) is 1.08. The van der Waals surface area contributed by atoms with E-state index in [4.69, 9.17) is 13.3 Å². The first kappa shape index (κ1) is 14.3. The molecule has 0 aliphatic rings. The van der Waals surface area contributed by atoms with E-state index in [2.05, 4.69) is 0 Å². The number of rotatable bonds is 4. The highest BCUT2D eigenvalue weighted by molar-refractivity contribution is 6.36. The summed E-state index contributed by atoms with van der Waals surface area (Å²) in [7, 11) is 3.05. The SMILES string of the molecule is CCC(C)=O.CO[SiH](OC)OC. The Morgan fingerprint density at radius 1 is 1.17 bits per heavy atom. The van der Waals surface area contributed by atoms with Gasteiger partial charge in [-0.25, -0.2) is 0 Å². The molecule has 0 amide bonds. The molecule has 0 aromatic rings. The second-order valence-corrected chi connectivity index (χ2v) is 4.04. The van der Waals surface area contributed by atoms with Crippen LogP contribution in [0.4, 0.5) is 0 Å². The molecule has 0 atom stereocenters. The van der Waals surface area contributed by atoms with Gasteiger partial charge in [-0.3, -0.25) is 0 Å². The number of hydrogen-bond donors (Lipinski definition) is 0. The topological polar surface area (TPSA) is 44.8 Å². The van der Waals surface area contributed by atoms with Crippen LogP contribution in [0.5, 0.6) is 0 Å². The van der Waals surface area contributed by atoms with E-state index in [1.807, 2.05) is 6.92 Å². The minimum atomic E-state index is -1.67. The lowest BCUT2D eigenvalue weighted by Crippen LogP contribution is -2.21. The predicted molar refractivity (Wildman–Crippen MR) is 49.1 cm³/mol. The molecule has 74 valence electrons. The van der Waals surface area contributed by atoms with E-state index in [-0.39, 0.29) is 5.78 Å². The van der Waals surface area contributed by atoms with Crippen molar-refractivity contribution in [3.05, 3.63) is 0 Å². The normalized spacial score (nSPS) is 9.17. The van der Waals surface area contributed by atoms with Gasteiger partial charge in [0.15, 0.2) is 0 Å². The van der Waals surface area contributed by atoms with E-state index < -0.39 is 9.53 Å². The van der Waals surface area contributed by atoms with Crippen LogP contribution in [0.3, 0.4) is 0 Å². The maximum atomic E-state index is 9.81. The van der Waals surface area contributed by atoms with Crippen molar-refractivity contribution < 1.29 is 18.1 Å². The van der Waals surface area contributed by atoms with Crippen molar-refractivity contribution in [3.63, 3.8) is 0 Å². The molecule has 0 unspecified atom stereocenters. The van der Waals surface area contributed by atoms with Gasteiger partial charge in [0.2, 0.25) is 0 Å². The number of hydrogen-bond acceptors (Lipinski definition) is 4. The maximum Gasteiger partial charge on any atom is 0.483 e. The van der Waals surface area contributed by atoms with Crippen molar-refractivity contribution in [1.82, 2.24) is 0 Å². The Kier molecular flexibility index (Phi) is 12.8. The van der Waals surface area contributed by atoms with Crippen LogP contribution in [0.2, 0.25) is 0 Å². The average molecular weight is 194 g/mol. The van der Waals surface area contributed by atoms with Gasteiger partial charge >= 0.3 is 9.53 Å². The van der Waals surface area contributed by atoms with Gasteiger partial charge in [0.05, 0.1) is 0 Å². The lowest BCUT2D eigenvalue weighted by Gasteiger charge is -2.05. The first-order chi connectivity index (χ1) is 5.62. The van der Waals surface area contributed by atoms with Crippen LogP contribution in [0.25, 0.3) is 0 Å². The highest BCUT2D eigenvalue weighted by Gasteiger charge is 2.04. The Morgan fingerprint density at radius 3 is 1.42 bits per heavy atom. The largest absolute Gasteiger partial charge is 0.483 e. The Labute approximate surface area is 75.8 Å². The smallest absolute Gasteiger partial charge is 0.379 e. The average Bonchev–Trinajstić information content (AvgIpc) is 2.09. The van der Waals surface area contributed by atoms with Crippen LogP contribution in [0, 0.1) is 0 Å². The van der Waals surface area contributed by atoms with Crippen LogP contribution in [0.1, 0.15) is 20.3 Å². The molecule has 0 bridgehead atoms. The van der Waals surface area contributed by atoms with Crippen molar-refractivity contribution in [2.75, 3.05) is 21.3 Å². The molecule has 0 aromatic carbocycles. The summed E-state index contributed by atoms with van der Waals surface area (Å²) in [6.07, 6.45) is 0.667. The third-order valence-corrected chi connectivity index (χ3v) is 2.23. The van der Waals surface area contributed by atoms with E-state index in [1.165, 1.54) is 0 Å². The van der Waals surface area contributed by atoms with Crippen molar-refractivity contribution in [2.24, 2.45) is 0 Å². The van der Waals surface area contributed by atoms with Crippen molar-refractivity contribution in [3.8, 4) is 0 Å². The summed E-state index contributed by atoms with van der Waals surface area (Å²) >= 11 is 0. The molecule has 0 radical (unpaired) electrons. The summed E-state index contributed by atoms with van der Waals surface area (Å²) in [6, 6.07) is 0. The monoisotopic (exact) mass is 194 g/mol. The zero-order chi connectivity index (χ0) is 9.98. The Hall–Kier alpha value is -0.233. The Morgan fingerprint density at radius 2 is 1.42 bits per heavy atom. The first-order valence-electron chi connectivity index (χ1n) is 3.70. The van der Waals surface area contributed by atoms with Crippen molar-refractivity contribution >= 4 is 15.3 Å². The van der Waals surface area contributed by atoms with Crippen LogP contribution < -0.4 is 0 Å². The standard InChI is InChI=1S/C4H8O.C3H10O3Si/c1-3-4(2)5;1-4-7(5-2)6-3/h3H2,1-2H3;7H,1-3H3. The Balaban J connectivity index is 0. The fourth-order valence-corrected chi connectivity index (χ4v) is 0.866. The van der Waals surface area contributed by atoms with Gasteiger partial charge in [0.1, 0.15) is 5.78 Å². The quantitative estimate of drug-likeness (QED) is 0.616. The second-order valence-electron chi connectivity index (χ2n) is 2.05. The van der Waals surface area contributed by atoms with Crippen molar-refractivity contribution in [1.29, 1.82) is 0 Å². The van der Waals surface area contributed by atoms with Crippen molar-refractivity contribution in [2.45, 2.75) is 20.3 Å². The second kappa shape index (κ2) is 10.8. The van der Waals surface area contributed by atoms with Gasteiger partial charge in [-0.05, 0) is 6.92 Å². The summed E-state index contributed by atoms with van der Waals surface area (Å²) < 4.78 is 14.2. The highest BCUT2D eigenvalue weighted by Crippen LogP contribution is 1.81. The van der Waals surface area contributed by atoms with E-state index in [1.54, 1.807) is 28.3 Å². The summed E-state index contributed by atoms with van der Waals surface area (Å²) in [5, 5.41) is 0. The van der Waals surface area contributed by atoms with E-state index >= 15 is 0 Å². The lowest BCUT2D eigenvalue weighted by molar-refractivity contribution is -0.116. The molecule has 0 saturated heterocycles. The molecule has 0 spiro atoms. The third kappa shape index (κ3) is 12.4. The lowest BCUT2D eigenvalue weighted by atomic mass is 10.4. The molecule has 5 heteroatoms. The van der Waals surface area contributed by atoms with Crippen LogP contribution >= 0.6 is 0 Å². The number of carbonyl (C=O) groups is 1. The van der Waals surface area contributed by atoms with Gasteiger partial charge in [-0.15, -0.1) is 0 Å². The molecule has 12 heavy (non-hydrogen) atoms. The minimum Gasteiger partial charge on any atom is -0.379 e. The molecular weight excluding hydrogens is 176 g/mol. The molecule has 0 rings (SSSR count). The zero-order valence-electron chi connectivity index (χ0n) is 8.42. The molecule has 0 N–H and O–H groups in total. The van der Waals surface area contributed by atoms with E-state index in [0.717, 1.165) is 0 Å². The number of ketones is 1. The van der Waals surface area contributed by atoms with Gasteiger partial charge in [0.25, 0.3) is 0 Å².